The van der Waals surface area contributed by atoms with Crippen molar-refractivity contribution < 1.29 is 4.74 Å². The zero-order valence-corrected chi connectivity index (χ0v) is 11.2. The van der Waals surface area contributed by atoms with Gasteiger partial charge in [-0.05, 0) is 36.5 Å². The molecule has 0 amide bonds. The summed E-state index contributed by atoms with van der Waals surface area (Å²) in [5, 5.41) is 0. The van der Waals surface area contributed by atoms with Gasteiger partial charge >= 0.3 is 0 Å². The van der Waals surface area contributed by atoms with E-state index in [0.29, 0.717) is 11.8 Å². The molecule has 0 aliphatic heterocycles. The molecule has 1 aromatic carbocycles. The fraction of sp³-hybridized carbons (Fsp3) is 0.500. The van der Waals surface area contributed by atoms with E-state index in [1.165, 1.54) is 5.56 Å². The van der Waals surface area contributed by atoms with Crippen LogP contribution in [0.1, 0.15) is 24.3 Å². The molecule has 1 nitrogen and oxygen atoms in total. The van der Waals surface area contributed by atoms with Crippen molar-refractivity contribution in [2.24, 2.45) is 0 Å². The number of hydrogen-bond donors (Lipinski definition) is 0. The van der Waals surface area contributed by atoms with Crippen molar-refractivity contribution in [2.45, 2.75) is 18.8 Å². The standard InChI is InChI=1S/C12H16BrClO/c1-15-8-2-3-11(9-14)10-4-6-12(13)7-5-10/h4-7,11H,2-3,8-9H2,1H3. The van der Waals surface area contributed by atoms with Crippen LogP contribution in [0.2, 0.25) is 0 Å². The molecule has 84 valence electrons. The molecule has 0 aliphatic carbocycles. The highest BCUT2D eigenvalue weighted by atomic mass is 79.9. The normalized spacial score (nSPS) is 12.7. The van der Waals surface area contributed by atoms with Gasteiger partial charge in [-0.15, -0.1) is 11.6 Å². The van der Waals surface area contributed by atoms with Crippen LogP contribution in [0.5, 0.6) is 0 Å². The van der Waals surface area contributed by atoms with Gasteiger partial charge in [-0.25, -0.2) is 0 Å². The molecule has 0 saturated heterocycles. The Morgan fingerprint density at radius 1 is 1.33 bits per heavy atom. The maximum Gasteiger partial charge on any atom is 0.0462 e. The van der Waals surface area contributed by atoms with E-state index >= 15 is 0 Å². The molecule has 0 saturated carbocycles. The van der Waals surface area contributed by atoms with Gasteiger partial charge in [0.05, 0.1) is 0 Å². The first-order chi connectivity index (χ1) is 7.27. The third-order valence-corrected chi connectivity index (χ3v) is 3.33. The highest BCUT2D eigenvalue weighted by Gasteiger charge is 2.09. The van der Waals surface area contributed by atoms with Crippen LogP contribution in [0.3, 0.4) is 0 Å². The van der Waals surface area contributed by atoms with Crippen molar-refractivity contribution in [1.82, 2.24) is 0 Å². The third kappa shape index (κ3) is 4.54. The number of hydrogen-bond acceptors (Lipinski definition) is 1. The molecule has 0 radical (unpaired) electrons. The lowest BCUT2D eigenvalue weighted by atomic mass is 9.96. The molecule has 0 heterocycles. The van der Waals surface area contributed by atoms with Crippen LogP contribution < -0.4 is 0 Å². The van der Waals surface area contributed by atoms with Crippen LogP contribution in [0, 0.1) is 0 Å². The molecule has 0 fully saturated rings. The van der Waals surface area contributed by atoms with Gasteiger partial charge in [0.25, 0.3) is 0 Å². The zero-order chi connectivity index (χ0) is 11.1. The molecule has 1 unspecified atom stereocenters. The monoisotopic (exact) mass is 290 g/mol. The summed E-state index contributed by atoms with van der Waals surface area (Å²) in [6.45, 7) is 0.809. The van der Waals surface area contributed by atoms with E-state index in [1.54, 1.807) is 7.11 Å². The lowest BCUT2D eigenvalue weighted by Gasteiger charge is -2.13. The lowest BCUT2D eigenvalue weighted by Crippen LogP contribution is -2.02. The number of halogens is 2. The Balaban J connectivity index is 2.53. The smallest absolute Gasteiger partial charge is 0.0462 e. The van der Waals surface area contributed by atoms with E-state index in [2.05, 4.69) is 40.2 Å². The van der Waals surface area contributed by atoms with Gasteiger partial charge in [0.2, 0.25) is 0 Å². The van der Waals surface area contributed by atoms with Gasteiger partial charge in [0, 0.05) is 24.1 Å². The molecule has 0 spiro atoms. The summed E-state index contributed by atoms with van der Waals surface area (Å²) in [6, 6.07) is 8.38. The van der Waals surface area contributed by atoms with Crippen LogP contribution >= 0.6 is 27.5 Å². The number of rotatable bonds is 6. The fourth-order valence-electron chi connectivity index (χ4n) is 1.54. The van der Waals surface area contributed by atoms with E-state index in [1.807, 2.05) is 0 Å². The molecule has 1 aromatic rings. The minimum absolute atomic E-state index is 0.440. The van der Waals surface area contributed by atoms with Gasteiger partial charge in [-0.3, -0.25) is 0 Å². The van der Waals surface area contributed by atoms with Crippen molar-refractivity contribution in [3.8, 4) is 0 Å². The van der Waals surface area contributed by atoms with Crippen LogP contribution in [0.15, 0.2) is 28.7 Å². The Kier molecular flexibility index (Phi) is 6.30. The van der Waals surface area contributed by atoms with Crippen LogP contribution in [-0.2, 0) is 4.74 Å². The molecule has 1 atom stereocenters. The predicted molar refractivity (Wildman–Crippen MR) is 68.7 cm³/mol. The van der Waals surface area contributed by atoms with E-state index in [4.69, 9.17) is 16.3 Å². The molecule has 15 heavy (non-hydrogen) atoms. The maximum atomic E-state index is 5.97. The molecule has 0 bridgehead atoms. The topological polar surface area (TPSA) is 9.23 Å². The minimum atomic E-state index is 0.440. The van der Waals surface area contributed by atoms with Gasteiger partial charge in [0.1, 0.15) is 0 Å². The molecule has 1 rings (SSSR count). The van der Waals surface area contributed by atoms with Crippen molar-refractivity contribution in [1.29, 1.82) is 0 Å². The summed E-state index contributed by atoms with van der Waals surface area (Å²) < 4.78 is 6.15. The summed E-state index contributed by atoms with van der Waals surface area (Å²) >= 11 is 9.40. The van der Waals surface area contributed by atoms with E-state index in [0.717, 1.165) is 23.9 Å². The maximum absolute atomic E-state index is 5.97. The fourth-order valence-corrected chi connectivity index (χ4v) is 2.14. The van der Waals surface area contributed by atoms with E-state index < -0.39 is 0 Å². The SMILES string of the molecule is COCCCC(CCl)c1ccc(Br)cc1. The number of ether oxygens (including phenoxy) is 1. The zero-order valence-electron chi connectivity index (χ0n) is 8.88. The number of benzene rings is 1. The molecule has 3 heteroatoms. The number of alkyl halides is 1. The first-order valence-electron chi connectivity index (χ1n) is 5.08. The van der Waals surface area contributed by atoms with Crippen molar-refractivity contribution in [2.75, 3.05) is 19.6 Å². The average molecular weight is 292 g/mol. The van der Waals surface area contributed by atoms with Crippen LogP contribution in [0.25, 0.3) is 0 Å². The second-order valence-corrected chi connectivity index (χ2v) is 4.76. The highest BCUT2D eigenvalue weighted by molar-refractivity contribution is 9.10. The summed E-state index contributed by atoms with van der Waals surface area (Å²) in [4.78, 5) is 0. The molecular formula is C12H16BrClO. The van der Waals surface area contributed by atoms with E-state index in [-0.39, 0.29) is 0 Å². The Labute approximate surface area is 105 Å². The Bertz CT molecular complexity index is 273. The highest BCUT2D eigenvalue weighted by Crippen LogP contribution is 2.24. The van der Waals surface area contributed by atoms with Crippen molar-refractivity contribution in [3.63, 3.8) is 0 Å². The van der Waals surface area contributed by atoms with Gasteiger partial charge in [-0.2, -0.15) is 0 Å². The summed E-state index contributed by atoms with van der Waals surface area (Å²) in [6.07, 6.45) is 2.14. The molecule has 0 aromatic heterocycles. The van der Waals surface area contributed by atoms with E-state index in [9.17, 15) is 0 Å². The van der Waals surface area contributed by atoms with Crippen molar-refractivity contribution >= 4 is 27.5 Å². The molecule has 0 N–H and O–H groups in total. The number of methoxy groups -OCH3 is 1. The van der Waals surface area contributed by atoms with Gasteiger partial charge in [0.15, 0.2) is 0 Å². The van der Waals surface area contributed by atoms with Gasteiger partial charge in [-0.1, -0.05) is 28.1 Å². The first-order valence-corrected chi connectivity index (χ1v) is 6.41. The first kappa shape index (κ1) is 13.0. The lowest BCUT2D eigenvalue weighted by molar-refractivity contribution is 0.191. The third-order valence-electron chi connectivity index (χ3n) is 2.43. The largest absolute Gasteiger partial charge is 0.385 e. The summed E-state index contributed by atoms with van der Waals surface area (Å²) in [5.74, 6) is 1.11. The predicted octanol–water partition coefficient (Wildman–Crippen LogP) is 4.20. The second kappa shape index (κ2) is 7.26. The Morgan fingerprint density at radius 2 is 2.00 bits per heavy atom. The average Bonchev–Trinajstić information content (AvgIpc) is 2.26. The van der Waals surface area contributed by atoms with Crippen LogP contribution in [-0.4, -0.2) is 19.6 Å². The van der Waals surface area contributed by atoms with Gasteiger partial charge < -0.3 is 4.74 Å². The molecular weight excluding hydrogens is 275 g/mol. The minimum Gasteiger partial charge on any atom is -0.385 e. The molecule has 0 aliphatic rings. The van der Waals surface area contributed by atoms with Crippen LogP contribution in [0.4, 0.5) is 0 Å². The quantitative estimate of drug-likeness (QED) is 0.564. The Hall–Kier alpha value is -0.0500. The second-order valence-electron chi connectivity index (χ2n) is 3.54. The summed E-state index contributed by atoms with van der Waals surface area (Å²) in [7, 11) is 1.73. The van der Waals surface area contributed by atoms with Crippen molar-refractivity contribution in [3.05, 3.63) is 34.3 Å². The Morgan fingerprint density at radius 3 is 2.53 bits per heavy atom. The summed E-state index contributed by atoms with van der Waals surface area (Å²) in [5.41, 5.74) is 1.31.